The van der Waals surface area contributed by atoms with Crippen molar-refractivity contribution < 1.29 is 38.2 Å². The molecule has 12 heavy (non-hydrogen) atoms. The van der Waals surface area contributed by atoms with E-state index < -0.39 is 19.9 Å². The summed E-state index contributed by atoms with van der Waals surface area (Å²) >= 11 is -1.75. The molecule has 0 aromatic heterocycles. The van der Waals surface area contributed by atoms with Crippen molar-refractivity contribution in [2.75, 3.05) is 0 Å². The van der Waals surface area contributed by atoms with E-state index in [-0.39, 0.29) is 0 Å². The molecule has 6 heteroatoms. The number of hydrogen-bond acceptors (Lipinski definition) is 4. The molecule has 69 valence electrons. The Morgan fingerprint density at radius 2 is 1.42 bits per heavy atom. The quantitative estimate of drug-likeness (QED) is 0.385. The number of carboxylic acids is 1. The minimum atomic E-state index is -1.75. The van der Waals surface area contributed by atoms with Gasteiger partial charge in [-0.05, 0) is 0 Å². The van der Waals surface area contributed by atoms with Crippen molar-refractivity contribution in [3.05, 3.63) is 12.7 Å². The predicted molar refractivity (Wildman–Crippen MR) is 38.1 cm³/mol. The van der Waals surface area contributed by atoms with Crippen LogP contribution in [0.2, 0.25) is 0 Å². The van der Waals surface area contributed by atoms with E-state index in [9.17, 15) is 19.2 Å². The molecule has 0 aliphatic heterocycles. The molecule has 0 aliphatic carbocycles. The molecule has 0 amide bonds. The molecule has 0 spiro atoms. The molecule has 0 aromatic carbocycles. The van der Waals surface area contributed by atoms with Crippen LogP contribution in [0.1, 0.15) is 0 Å². The fourth-order valence-electron chi connectivity index (χ4n) is 0.0589. The van der Waals surface area contributed by atoms with Crippen LogP contribution in [0.5, 0.6) is 0 Å². The first kappa shape index (κ1) is 13.3. The van der Waals surface area contributed by atoms with Crippen LogP contribution in [0.25, 0.3) is 0 Å². The minimum absolute atomic E-state index is 0.375. The molecule has 0 fully saturated rings. The van der Waals surface area contributed by atoms with Gasteiger partial charge in [0, 0.05) is 6.08 Å². The Kier molecular flexibility index (Phi) is 10.8. The van der Waals surface area contributed by atoms with Crippen molar-refractivity contribution in [1.29, 1.82) is 0 Å². The zero-order valence-electron chi connectivity index (χ0n) is 5.95. The number of carboxylic acid groups (broad SMARTS) is 1. The summed E-state index contributed by atoms with van der Waals surface area (Å²) in [6, 6.07) is 0. The second-order valence-electron chi connectivity index (χ2n) is 1.15. The van der Waals surface area contributed by atoms with Crippen LogP contribution in [0, 0.1) is 0 Å². The van der Waals surface area contributed by atoms with Gasteiger partial charge in [-0.25, -0.2) is 4.79 Å². The van der Waals surface area contributed by atoms with Gasteiger partial charge in [-0.1, -0.05) is 6.58 Å². The molecule has 0 atom stereocenters. The molecule has 0 rings (SSSR count). The van der Waals surface area contributed by atoms with Crippen molar-refractivity contribution in [2.24, 2.45) is 0 Å². The van der Waals surface area contributed by atoms with Crippen LogP contribution in [0.15, 0.2) is 12.7 Å². The van der Waals surface area contributed by atoms with E-state index in [1.165, 1.54) is 0 Å². The van der Waals surface area contributed by atoms with Crippen molar-refractivity contribution in [1.82, 2.24) is 0 Å². The second kappa shape index (κ2) is 9.74. The molecular weight excluding hydrogens is 208 g/mol. The maximum atomic E-state index is 9.54. The van der Waals surface area contributed by atoms with Crippen LogP contribution in [-0.2, 0) is 33.1 Å². The molecule has 0 aromatic rings. The second-order valence-corrected chi connectivity index (χ2v) is 3.03. The van der Waals surface area contributed by atoms with Crippen LogP contribution in [-0.4, -0.2) is 26.6 Å². The topological polar surface area (TPSA) is 88.5 Å². The Morgan fingerprint density at radius 1 is 1.17 bits per heavy atom. The summed E-state index contributed by atoms with van der Waals surface area (Å²) in [6.45, 7) is 2.96. The fourth-order valence-corrected chi connectivity index (χ4v) is 0.243. The Balaban J connectivity index is 0. The van der Waals surface area contributed by atoms with Gasteiger partial charge < -0.3 is 5.11 Å². The zero-order valence-corrected chi connectivity index (χ0v) is 7.05. The third kappa shape index (κ3) is 11.5. The third-order valence-electron chi connectivity index (χ3n) is 0.463. The zero-order chi connectivity index (χ0) is 9.98. The van der Waals surface area contributed by atoms with Gasteiger partial charge in [0.25, 0.3) is 0 Å². The van der Waals surface area contributed by atoms with E-state index >= 15 is 0 Å². The molecule has 0 saturated carbocycles. The Hall–Kier alpha value is -1.26. The van der Waals surface area contributed by atoms with E-state index in [1.807, 2.05) is 0 Å². The van der Waals surface area contributed by atoms with E-state index in [4.69, 9.17) is 5.11 Å². The van der Waals surface area contributed by atoms with Gasteiger partial charge in [0.15, 0.2) is 0 Å². The van der Waals surface area contributed by atoms with Gasteiger partial charge in [0.2, 0.25) is 0 Å². The van der Waals surface area contributed by atoms with E-state index in [1.54, 1.807) is 0 Å². The SMILES string of the molecule is C=CC(=O)O.O=[CH][Fe]([CH]=O)[CH]=O. The molecular formula is C6H7FeO5. The van der Waals surface area contributed by atoms with Gasteiger partial charge in [0.1, 0.15) is 0 Å². The number of carbonyl (C=O) groups is 4. The predicted octanol–water partition coefficient (Wildman–Crippen LogP) is -0.568. The van der Waals surface area contributed by atoms with Crippen molar-refractivity contribution in [2.45, 2.75) is 0 Å². The Labute approximate surface area is 72.9 Å². The summed E-state index contributed by atoms with van der Waals surface area (Å²) < 4.78 is 0. The molecule has 0 radical (unpaired) electrons. The van der Waals surface area contributed by atoms with Gasteiger partial charge in [-0.3, -0.25) is 0 Å². The normalized spacial score (nSPS) is 8.17. The molecule has 5 nitrogen and oxygen atoms in total. The summed E-state index contributed by atoms with van der Waals surface area (Å²) in [5.74, 6) is -0.981. The Morgan fingerprint density at radius 3 is 1.42 bits per heavy atom. The van der Waals surface area contributed by atoms with Crippen molar-refractivity contribution >= 4 is 21.5 Å². The first-order valence-corrected chi connectivity index (χ1v) is 4.36. The van der Waals surface area contributed by atoms with Crippen LogP contribution < -0.4 is 0 Å². The van der Waals surface area contributed by atoms with E-state index in [0.717, 1.165) is 6.08 Å². The molecule has 0 heterocycles. The van der Waals surface area contributed by atoms with E-state index in [2.05, 4.69) is 6.58 Å². The third-order valence-corrected chi connectivity index (χ3v) is 1.36. The monoisotopic (exact) mass is 215 g/mol. The van der Waals surface area contributed by atoms with Gasteiger partial charge >= 0.3 is 49.8 Å². The summed E-state index contributed by atoms with van der Waals surface area (Å²) in [7, 11) is 0. The van der Waals surface area contributed by atoms with Crippen molar-refractivity contribution in [3.8, 4) is 0 Å². The summed E-state index contributed by atoms with van der Waals surface area (Å²) in [5, 5.41) is 8.73. The average molecular weight is 215 g/mol. The van der Waals surface area contributed by atoms with Gasteiger partial charge in [0.05, 0.1) is 0 Å². The van der Waals surface area contributed by atoms with Crippen LogP contribution in [0.4, 0.5) is 0 Å². The molecule has 0 unspecified atom stereocenters. The number of carbonyl (C=O) groups excluding carboxylic acids is 3. The first-order chi connectivity index (χ1) is 5.62. The van der Waals surface area contributed by atoms with Crippen LogP contribution in [0.3, 0.4) is 0 Å². The summed E-state index contributed by atoms with van der Waals surface area (Å²) in [6.07, 6.45) is 0.833. The number of rotatable bonds is 4. The fraction of sp³-hybridized carbons (Fsp3) is 0. The molecule has 0 bridgehead atoms. The van der Waals surface area contributed by atoms with Gasteiger partial charge in [-0.2, -0.15) is 0 Å². The van der Waals surface area contributed by atoms with Crippen molar-refractivity contribution in [3.63, 3.8) is 0 Å². The molecule has 1 N–H and O–H groups in total. The first-order valence-electron chi connectivity index (χ1n) is 2.44. The molecule has 0 aliphatic rings. The number of aliphatic carboxylic acids is 1. The summed E-state index contributed by atoms with van der Waals surface area (Å²) in [4.78, 5) is 37.9. The Bertz CT molecular complexity index is 169. The summed E-state index contributed by atoms with van der Waals surface area (Å²) in [5.41, 5.74) is 0. The van der Waals surface area contributed by atoms with Crippen LogP contribution >= 0.6 is 0 Å². The average Bonchev–Trinajstić information content (AvgIpc) is 2.09. The van der Waals surface area contributed by atoms with E-state index in [0.29, 0.717) is 15.6 Å². The number of hydrogen-bond donors (Lipinski definition) is 1. The molecule has 0 saturated heterocycles. The van der Waals surface area contributed by atoms with Gasteiger partial charge in [-0.15, -0.1) is 0 Å². The standard InChI is InChI=1S/C3H4O2.3CHO.Fe/c1-2-3(4)5;3*1-2;/h2H,1H2,(H,4,5);3*1H;. The maximum absolute atomic E-state index is 9.54.